The lowest BCUT2D eigenvalue weighted by molar-refractivity contribution is 0.0694. The molecule has 0 fully saturated rings. The minimum absolute atomic E-state index is 0.0665. The number of hydrogen-bond acceptors (Lipinski definition) is 4. The van der Waals surface area contributed by atoms with Crippen LogP contribution in [0, 0.1) is 6.92 Å². The Balaban J connectivity index is 2.42. The number of benzene rings is 1. The average Bonchev–Trinajstić information content (AvgIpc) is 2.31. The van der Waals surface area contributed by atoms with E-state index in [0.29, 0.717) is 5.56 Å². The number of aromatic carboxylic acids is 1. The van der Waals surface area contributed by atoms with Gasteiger partial charge in [-0.25, -0.2) is 4.79 Å². The summed E-state index contributed by atoms with van der Waals surface area (Å²) >= 11 is 5.68. The maximum atomic E-state index is 11.1. The highest BCUT2D eigenvalue weighted by molar-refractivity contribution is 6.29. The fraction of sp³-hybridized carbons (Fsp3) is 0.0833. The van der Waals surface area contributed by atoms with Crippen LogP contribution in [0.15, 0.2) is 30.6 Å². The summed E-state index contributed by atoms with van der Waals surface area (Å²) in [6.45, 7) is 1.75. The van der Waals surface area contributed by atoms with Crippen LogP contribution in [0.25, 0.3) is 0 Å². The molecule has 0 aliphatic heterocycles. The summed E-state index contributed by atoms with van der Waals surface area (Å²) in [5, 5.41) is 9.26. The number of hydrogen-bond donors (Lipinski definition) is 1. The fourth-order valence-electron chi connectivity index (χ4n) is 1.44. The lowest BCUT2D eigenvalue weighted by Gasteiger charge is -2.10. The van der Waals surface area contributed by atoms with E-state index in [4.69, 9.17) is 21.4 Å². The number of ether oxygens (including phenoxy) is 1. The largest absolute Gasteiger partial charge is 0.478 e. The first kappa shape index (κ1) is 12.3. The Morgan fingerprint density at radius 1 is 1.39 bits per heavy atom. The van der Waals surface area contributed by atoms with Crippen molar-refractivity contribution in [1.82, 2.24) is 9.97 Å². The SMILES string of the molecule is Cc1cccc(C(=O)O)c1Oc1cncc(Cl)n1. The van der Waals surface area contributed by atoms with Gasteiger partial charge < -0.3 is 9.84 Å². The molecule has 0 aliphatic carbocycles. The van der Waals surface area contributed by atoms with E-state index in [0.717, 1.165) is 0 Å². The highest BCUT2D eigenvalue weighted by Crippen LogP contribution is 2.28. The van der Waals surface area contributed by atoms with E-state index in [9.17, 15) is 4.79 Å². The smallest absolute Gasteiger partial charge is 0.339 e. The predicted molar refractivity (Wildman–Crippen MR) is 65.3 cm³/mol. The molecule has 0 amide bonds. The van der Waals surface area contributed by atoms with E-state index in [2.05, 4.69) is 9.97 Å². The van der Waals surface area contributed by atoms with Crippen molar-refractivity contribution in [2.45, 2.75) is 6.92 Å². The van der Waals surface area contributed by atoms with Crippen LogP contribution in [0.1, 0.15) is 15.9 Å². The van der Waals surface area contributed by atoms with Gasteiger partial charge in [-0.2, -0.15) is 4.98 Å². The number of aromatic nitrogens is 2. The van der Waals surface area contributed by atoms with Crippen LogP contribution < -0.4 is 4.74 Å². The Hall–Kier alpha value is -2.14. The zero-order chi connectivity index (χ0) is 13.1. The lowest BCUT2D eigenvalue weighted by Crippen LogP contribution is -2.02. The number of rotatable bonds is 3. The summed E-state index contributed by atoms with van der Waals surface area (Å²) in [7, 11) is 0. The Morgan fingerprint density at radius 3 is 2.83 bits per heavy atom. The summed E-state index contributed by atoms with van der Waals surface area (Å²) in [6.07, 6.45) is 2.73. The molecule has 1 aromatic heterocycles. The van der Waals surface area contributed by atoms with Gasteiger partial charge >= 0.3 is 5.97 Å². The number of para-hydroxylation sites is 1. The first-order valence-corrected chi connectivity index (χ1v) is 5.44. The quantitative estimate of drug-likeness (QED) is 0.923. The summed E-state index contributed by atoms with van der Waals surface area (Å²) in [5.74, 6) is -0.676. The molecule has 1 heterocycles. The molecule has 0 radical (unpaired) electrons. The van der Waals surface area contributed by atoms with Crippen molar-refractivity contribution in [2.75, 3.05) is 0 Å². The molecule has 0 atom stereocenters. The third-order valence-electron chi connectivity index (χ3n) is 2.23. The topological polar surface area (TPSA) is 72.3 Å². The van der Waals surface area contributed by atoms with Gasteiger partial charge in [-0.3, -0.25) is 4.98 Å². The molecule has 5 nitrogen and oxygen atoms in total. The molecular formula is C12H9ClN2O3. The van der Waals surface area contributed by atoms with E-state index in [-0.39, 0.29) is 22.3 Å². The monoisotopic (exact) mass is 264 g/mol. The Kier molecular flexibility index (Phi) is 3.43. The standard InChI is InChI=1S/C12H9ClN2O3/c1-7-3-2-4-8(12(16)17)11(7)18-10-6-14-5-9(13)15-10/h2-6H,1H3,(H,16,17). The lowest BCUT2D eigenvalue weighted by atomic mass is 10.1. The van der Waals surface area contributed by atoms with Gasteiger partial charge in [0.15, 0.2) is 5.15 Å². The van der Waals surface area contributed by atoms with Crippen molar-refractivity contribution < 1.29 is 14.6 Å². The first-order valence-electron chi connectivity index (χ1n) is 5.06. The van der Waals surface area contributed by atoms with Gasteiger partial charge in [0.25, 0.3) is 0 Å². The molecule has 6 heteroatoms. The van der Waals surface area contributed by atoms with Crippen molar-refractivity contribution in [2.24, 2.45) is 0 Å². The first-order chi connectivity index (χ1) is 8.58. The Morgan fingerprint density at radius 2 is 2.17 bits per heavy atom. The van der Waals surface area contributed by atoms with Gasteiger partial charge in [-0.05, 0) is 18.6 Å². The molecule has 1 N–H and O–H groups in total. The van der Waals surface area contributed by atoms with Gasteiger partial charge in [-0.15, -0.1) is 0 Å². The van der Waals surface area contributed by atoms with E-state index < -0.39 is 5.97 Å². The normalized spacial score (nSPS) is 10.1. The minimum Gasteiger partial charge on any atom is -0.478 e. The molecule has 2 aromatic rings. The zero-order valence-electron chi connectivity index (χ0n) is 9.42. The Bertz CT molecular complexity index is 602. The predicted octanol–water partition coefficient (Wildman–Crippen LogP) is 2.93. The highest BCUT2D eigenvalue weighted by Gasteiger charge is 2.14. The zero-order valence-corrected chi connectivity index (χ0v) is 10.2. The molecule has 0 aliphatic rings. The summed E-state index contributed by atoms with van der Waals surface area (Å²) in [5.41, 5.74) is 0.758. The van der Waals surface area contributed by atoms with E-state index >= 15 is 0 Å². The summed E-state index contributed by atoms with van der Waals surface area (Å²) in [4.78, 5) is 18.8. The maximum absolute atomic E-state index is 11.1. The van der Waals surface area contributed by atoms with Crippen LogP contribution in [-0.2, 0) is 0 Å². The Labute approximate surface area is 108 Å². The van der Waals surface area contributed by atoms with E-state index in [1.165, 1.54) is 18.5 Å². The second kappa shape index (κ2) is 5.01. The number of carboxylic acid groups (broad SMARTS) is 1. The van der Waals surface area contributed by atoms with Crippen LogP contribution in [0.5, 0.6) is 11.6 Å². The molecule has 1 aromatic carbocycles. The molecule has 0 bridgehead atoms. The number of nitrogens with zero attached hydrogens (tertiary/aromatic N) is 2. The second-order valence-corrected chi connectivity index (χ2v) is 3.93. The maximum Gasteiger partial charge on any atom is 0.339 e. The number of carbonyl (C=O) groups is 1. The van der Waals surface area contributed by atoms with Gasteiger partial charge in [0.1, 0.15) is 11.3 Å². The molecule has 18 heavy (non-hydrogen) atoms. The van der Waals surface area contributed by atoms with Gasteiger partial charge in [0.05, 0.1) is 12.4 Å². The summed E-state index contributed by atoms with van der Waals surface area (Å²) < 4.78 is 5.44. The number of aryl methyl sites for hydroxylation is 1. The van der Waals surface area contributed by atoms with Crippen molar-refractivity contribution >= 4 is 17.6 Å². The molecule has 92 valence electrons. The molecule has 0 unspecified atom stereocenters. The van der Waals surface area contributed by atoms with Crippen molar-refractivity contribution in [3.63, 3.8) is 0 Å². The van der Waals surface area contributed by atoms with Crippen LogP contribution in [-0.4, -0.2) is 21.0 Å². The van der Waals surface area contributed by atoms with Gasteiger partial charge in [0.2, 0.25) is 5.88 Å². The minimum atomic E-state index is -1.07. The number of halogens is 1. The van der Waals surface area contributed by atoms with Crippen molar-refractivity contribution in [3.8, 4) is 11.6 Å². The van der Waals surface area contributed by atoms with Gasteiger partial charge in [0, 0.05) is 0 Å². The van der Waals surface area contributed by atoms with Crippen LogP contribution in [0.2, 0.25) is 5.15 Å². The molecule has 0 saturated carbocycles. The van der Waals surface area contributed by atoms with Crippen LogP contribution in [0.3, 0.4) is 0 Å². The second-order valence-electron chi connectivity index (χ2n) is 3.54. The fourth-order valence-corrected chi connectivity index (χ4v) is 1.58. The number of carboxylic acids is 1. The molecular weight excluding hydrogens is 256 g/mol. The van der Waals surface area contributed by atoms with E-state index in [1.807, 2.05) is 0 Å². The third kappa shape index (κ3) is 2.57. The highest BCUT2D eigenvalue weighted by atomic mass is 35.5. The molecule has 0 saturated heterocycles. The van der Waals surface area contributed by atoms with Crippen molar-refractivity contribution in [3.05, 3.63) is 46.9 Å². The average molecular weight is 265 g/mol. The van der Waals surface area contributed by atoms with Crippen molar-refractivity contribution in [1.29, 1.82) is 0 Å². The molecule has 0 spiro atoms. The van der Waals surface area contributed by atoms with Crippen LogP contribution >= 0.6 is 11.6 Å². The molecule has 2 rings (SSSR count). The third-order valence-corrected chi connectivity index (χ3v) is 2.41. The van der Waals surface area contributed by atoms with Gasteiger partial charge in [-0.1, -0.05) is 23.7 Å². The summed E-state index contributed by atoms with van der Waals surface area (Å²) in [6, 6.07) is 4.86. The van der Waals surface area contributed by atoms with Crippen LogP contribution in [0.4, 0.5) is 0 Å². The van der Waals surface area contributed by atoms with E-state index in [1.54, 1.807) is 19.1 Å².